The largest absolute Gasteiger partial charge is 0.350 e. The van der Waals surface area contributed by atoms with Gasteiger partial charge in [-0.1, -0.05) is 27.7 Å². The summed E-state index contributed by atoms with van der Waals surface area (Å²) in [4.78, 5) is 26.8. The van der Waals surface area contributed by atoms with Crippen LogP contribution in [0.1, 0.15) is 54.4 Å². The van der Waals surface area contributed by atoms with E-state index in [0.29, 0.717) is 18.8 Å². The van der Waals surface area contributed by atoms with Crippen LogP contribution in [-0.2, 0) is 19.7 Å². The molecule has 0 saturated carbocycles. The first-order valence-corrected chi connectivity index (χ1v) is 10.6. The Bertz CT molecular complexity index is 582. The molecule has 0 aromatic carbocycles. The summed E-state index contributed by atoms with van der Waals surface area (Å²) in [6, 6.07) is 0. The quantitative estimate of drug-likeness (QED) is 0.555. The third-order valence-corrected chi connectivity index (χ3v) is 5.32. The molecule has 7 nitrogen and oxygen atoms in total. The SMILES string of the molecule is CC(C)CC(CC(C(=O)NC(C)(C)CS(=O)(=O)O)C(C)C)C(=O)N(C)C. The Hall–Kier alpha value is -1.15. The molecule has 0 aromatic rings. The molecule has 0 saturated heterocycles. The van der Waals surface area contributed by atoms with Crippen LogP contribution in [0.15, 0.2) is 0 Å². The molecular weight excluding hydrogens is 356 g/mol. The van der Waals surface area contributed by atoms with Gasteiger partial charge in [0, 0.05) is 25.9 Å². The monoisotopic (exact) mass is 392 g/mol. The minimum Gasteiger partial charge on any atom is -0.350 e. The average molecular weight is 393 g/mol. The summed E-state index contributed by atoms with van der Waals surface area (Å²) >= 11 is 0. The molecule has 0 aliphatic rings. The van der Waals surface area contributed by atoms with Gasteiger partial charge in [-0.25, -0.2) is 0 Å². The molecule has 0 heterocycles. The van der Waals surface area contributed by atoms with Crippen molar-refractivity contribution in [1.29, 1.82) is 0 Å². The number of rotatable bonds is 10. The highest BCUT2D eigenvalue weighted by atomic mass is 32.2. The van der Waals surface area contributed by atoms with Crippen molar-refractivity contribution in [1.82, 2.24) is 10.2 Å². The lowest BCUT2D eigenvalue weighted by molar-refractivity contribution is -0.135. The van der Waals surface area contributed by atoms with Crippen molar-refractivity contribution in [3.8, 4) is 0 Å². The van der Waals surface area contributed by atoms with Crippen LogP contribution < -0.4 is 5.32 Å². The molecule has 0 bridgehead atoms. The molecule has 2 unspecified atom stereocenters. The highest BCUT2D eigenvalue weighted by molar-refractivity contribution is 7.85. The normalized spacial score (nSPS) is 15.0. The first-order chi connectivity index (χ1) is 11.6. The van der Waals surface area contributed by atoms with Crippen molar-refractivity contribution in [2.24, 2.45) is 23.7 Å². The summed E-state index contributed by atoms with van der Waals surface area (Å²) in [6.45, 7) is 11.0. The van der Waals surface area contributed by atoms with Crippen LogP contribution >= 0.6 is 0 Å². The van der Waals surface area contributed by atoms with E-state index in [0.717, 1.165) is 0 Å². The zero-order valence-electron chi connectivity index (χ0n) is 17.4. The maximum absolute atomic E-state index is 12.8. The number of nitrogens with zero attached hydrogens (tertiary/aromatic N) is 1. The maximum Gasteiger partial charge on any atom is 0.267 e. The van der Waals surface area contributed by atoms with Gasteiger partial charge in [0.15, 0.2) is 0 Å². The fourth-order valence-electron chi connectivity index (χ4n) is 3.14. The Labute approximate surface area is 158 Å². The smallest absolute Gasteiger partial charge is 0.267 e. The van der Waals surface area contributed by atoms with Gasteiger partial charge in [-0.2, -0.15) is 8.42 Å². The summed E-state index contributed by atoms with van der Waals surface area (Å²) in [5, 5.41) is 2.72. The molecule has 0 spiro atoms. The van der Waals surface area contributed by atoms with Crippen molar-refractivity contribution in [2.75, 3.05) is 19.8 Å². The van der Waals surface area contributed by atoms with Crippen LogP contribution in [0.25, 0.3) is 0 Å². The lowest BCUT2D eigenvalue weighted by Crippen LogP contribution is -2.51. The van der Waals surface area contributed by atoms with Gasteiger partial charge >= 0.3 is 0 Å². The van der Waals surface area contributed by atoms with Crippen molar-refractivity contribution in [3.05, 3.63) is 0 Å². The van der Waals surface area contributed by atoms with E-state index in [1.165, 1.54) is 0 Å². The Morgan fingerprint density at radius 1 is 1.08 bits per heavy atom. The zero-order chi connectivity index (χ0) is 20.9. The van der Waals surface area contributed by atoms with Gasteiger partial charge in [0.1, 0.15) is 0 Å². The van der Waals surface area contributed by atoms with Crippen LogP contribution in [0, 0.1) is 23.7 Å². The molecule has 8 heteroatoms. The average Bonchev–Trinajstić information content (AvgIpc) is 2.37. The van der Waals surface area contributed by atoms with Gasteiger partial charge < -0.3 is 10.2 Å². The Kier molecular flexibility index (Phi) is 9.26. The van der Waals surface area contributed by atoms with E-state index >= 15 is 0 Å². The van der Waals surface area contributed by atoms with E-state index in [-0.39, 0.29) is 23.7 Å². The van der Waals surface area contributed by atoms with E-state index in [2.05, 4.69) is 5.32 Å². The van der Waals surface area contributed by atoms with Crippen molar-refractivity contribution in [3.63, 3.8) is 0 Å². The lowest BCUT2D eigenvalue weighted by Gasteiger charge is -2.31. The molecule has 2 atom stereocenters. The molecule has 2 amide bonds. The molecule has 0 aliphatic carbocycles. The Morgan fingerprint density at radius 3 is 1.92 bits per heavy atom. The molecule has 154 valence electrons. The number of carbonyl (C=O) groups excluding carboxylic acids is 2. The number of hydrogen-bond acceptors (Lipinski definition) is 4. The number of hydrogen-bond donors (Lipinski definition) is 2. The summed E-state index contributed by atoms with van der Waals surface area (Å²) in [5.41, 5.74) is -1.10. The third-order valence-electron chi connectivity index (χ3n) is 4.23. The molecule has 0 rings (SSSR count). The Balaban J connectivity index is 5.36. The number of amides is 2. The molecule has 26 heavy (non-hydrogen) atoms. The fourth-order valence-corrected chi connectivity index (χ4v) is 4.12. The van der Waals surface area contributed by atoms with Crippen LogP contribution in [-0.4, -0.2) is 55.1 Å². The maximum atomic E-state index is 12.8. The predicted molar refractivity (Wildman–Crippen MR) is 103 cm³/mol. The second kappa shape index (κ2) is 9.69. The zero-order valence-corrected chi connectivity index (χ0v) is 18.2. The predicted octanol–water partition coefficient (Wildman–Crippen LogP) is 2.18. The van der Waals surface area contributed by atoms with E-state index in [9.17, 15) is 18.0 Å². The van der Waals surface area contributed by atoms with Gasteiger partial charge in [0.25, 0.3) is 10.1 Å². The molecule has 0 aromatic heterocycles. The number of carbonyl (C=O) groups is 2. The van der Waals surface area contributed by atoms with E-state index in [4.69, 9.17) is 4.55 Å². The van der Waals surface area contributed by atoms with E-state index < -0.39 is 27.3 Å². The summed E-state index contributed by atoms with van der Waals surface area (Å²) in [6.07, 6.45) is 1.09. The molecular formula is C18H36N2O5S. The lowest BCUT2D eigenvalue weighted by atomic mass is 9.81. The minimum absolute atomic E-state index is 0.00524. The standard InChI is InChI=1S/C18H36N2O5S/c1-12(2)9-14(17(22)20(7)8)10-15(13(3)4)16(21)19-18(5,6)11-26(23,24)25/h12-15H,9-11H2,1-8H3,(H,19,21)(H,23,24,25). The summed E-state index contributed by atoms with van der Waals surface area (Å²) in [7, 11) is -0.805. The molecule has 2 N–H and O–H groups in total. The van der Waals surface area contributed by atoms with E-state index in [1.807, 2.05) is 27.7 Å². The topological polar surface area (TPSA) is 104 Å². The second-order valence-electron chi connectivity index (χ2n) is 8.74. The van der Waals surface area contributed by atoms with Crippen LogP contribution in [0.3, 0.4) is 0 Å². The minimum atomic E-state index is -4.21. The highest BCUT2D eigenvalue weighted by Gasteiger charge is 2.34. The fraction of sp³-hybridized carbons (Fsp3) is 0.889. The second-order valence-corrected chi connectivity index (χ2v) is 10.2. The van der Waals surface area contributed by atoms with Crippen molar-refractivity contribution in [2.45, 2.75) is 59.9 Å². The van der Waals surface area contributed by atoms with Gasteiger partial charge in [0.05, 0.1) is 11.3 Å². The van der Waals surface area contributed by atoms with Gasteiger partial charge in [0.2, 0.25) is 11.8 Å². The Morgan fingerprint density at radius 2 is 1.58 bits per heavy atom. The van der Waals surface area contributed by atoms with Crippen molar-refractivity contribution < 1.29 is 22.6 Å². The van der Waals surface area contributed by atoms with Crippen LogP contribution in [0.5, 0.6) is 0 Å². The first kappa shape index (κ1) is 24.8. The molecule has 0 fully saturated rings. The summed E-state index contributed by atoms with van der Waals surface area (Å²) in [5.74, 6) is -1.26. The van der Waals surface area contributed by atoms with Gasteiger partial charge in [-0.15, -0.1) is 0 Å². The van der Waals surface area contributed by atoms with Gasteiger partial charge in [-0.05, 0) is 38.5 Å². The first-order valence-electron chi connectivity index (χ1n) is 9.04. The van der Waals surface area contributed by atoms with Crippen LogP contribution in [0.2, 0.25) is 0 Å². The van der Waals surface area contributed by atoms with E-state index in [1.54, 1.807) is 32.8 Å². The van der Waals surface area contributed by atoms with Crippen LogP contribution in [0.4, 0.5) is 0 Å². The highest BCUT2D eigenvalue weighted by Crippen LogP contribution is 2.27. The molecule has 0 aliphatic heterocycles. The summed E-state index contributed by atoms with van der Waals surface area (Å²) < 4.78 is 31.4. The van der Waals surface area contributed by atoms with Crippen molar-refractivity contribution >= 4 is 21.9 Å². The third kappa shape index (κ3) is 9.52. The molecule has 0 radical (unpaired) electrons. The number of nitrogens with one attached hydrogen (secondary N) is 1. The van der Waals surface area contributed by atoms with Gasteiger partial charge in [-0.3, -0.25) is 14.1 Å².